The Morgan fingerprint density at radius 2 is 1.94 bits per heavy atom. The summed E-state index contributed by atoms with van der Waals surface area (Å²) in [4.78, 5) is 14.1. The van der Waals surface area contributed by atoms with Crippen LogP contribution in [0.5, 0.6) is 0 Å². The number of rotatable bonds is 6. The summed E-state index contributed by atoms with van der Waals surface area (Å²) in [6.45, 7) is 8.39. The molecule has 2 aromatic heterocycles. The average Bonchev–Trinajstić information content (AvgIpc) is 3.49. The molecule has 0 amide bonds. The topological polar surface area (TPSA) is 88.0 Å². The van der Waals surface area contributed by atoms with E-state index in [4.69, 9.17) is 9.97 Å². The van der Waals surface area contributed by atoms with Gasteiger partial charge in [0.25, 0.3) is 0 Å². The van der Waals surface area contributed by atoms with Crippen molar-refractivity contribution in [3.05, 3.63) is 47.1 Å². The minimum Gasteiger partial charge on any atom is -0.367 e. The third-order valence-electron chi connectivity index (χ3n) is 5.90. The third kappa shape index (κ3) is 4.86. The molecule has 5 rings (SSSR count). The van der Waals surface area contributed by atoms with Gasteiger partial charge in [-0.1, -0.05) is 35.6 Å². The quantitative estimate of drug-likeness (QED) is 0.550. The summed E-state index contributed by atoms with van der Waals surface area (Å²) < 4.78 is 0. The molecule has 1 unspecified atom stereocenters. The lowest BCUT2D eigenvalue weighted by Gasteiger charge is -2.19. The van der Waals surface area contributed by atoms with Gasteiger partial charge in [0.1, 0.15) is 10.8 Å². The molecule has 2 aliphatic rings. The average molecular weight is 460 g/mol. The van der Waals surface area contributed by atoms with Crippen molar-refractivity contribution >= 4 is 28.9 Å². The lowest BCUT2D eigenvalue weighted by molar-refractivity contribution is 0.457. The molecule has 4 heterocycles. The zero-order valence-corrected chi connectivity index (χ0v) is 20.1. The zero-order chi connectivity index (χ0) is 22.8. The summed E-state index contributed by atoms with van der Waals surface area (Å²) in [5.41, 5.74) is 4.15. The molecule has 2 N–H and O–H groups in total. The summed E-state index contributed by atoms with van der Waals surface area (Å²) in [5.74, 6) is 1.97. The van der Waals surface area contributed by atoms with Gasteiger partial charge in [-0.05, 0) is 63.9 Å². The van der Waals surface area contributed by atoms with Crippen LogP contribution in [0.1, 0.15) is 50.1 Å². The highest BCUT2D eigenvalue weighted by Gasteiger charge is 2.22. The first-order valence-corrected chi connectivity index (χ1v) is 12.4. The molecule has 2 aliphatic heterocycles. The molecule has 33 heavy (non-hydrogen) atoms. The smallest absolute Gasteiger partial charge is 0.161 e. The number of aromatic nitrogens is 4. The third-order valence-corrected chi connectivity index (χ3v) is 7.02. The van der Waals surface area contributed by atoms with Crippen LogP contribution in [0.2, 0.25) is 0 Å². The van der Waals surface area contributed by atoms with Crippen LogP contribution in [0.4, 0.5) is 5.82 Å². The van der Waals surface area contributed by atoms with Gasteiger partial charge in [-0.3, -0.25) is 4.99 Å². The van der Waals surface area contributed by atoms with Gasteiger partial charge in [-0.15, -0.1) is 10.2 Å². The Hall–Kier alpha value is -2.97. The Morgan fingerprint density at radius 3 is 2.70 bits per heavy atom. The van der Waals surface area contributed by atoms with Crippen LogP contribution in [-0.4, -0.2) is 51.6 Å². The van der Waals surface area contributed by atoms with Crippen molar-refractivity contribution in [2.24, 2.45) is 4.99 Å². The minimum absolute atomic E-state index is 0.225. The molecule has 8 heteroatoms. The highest BCUT2D eigenvalue weighted by atomic mass is 32.1. The van der Waals surface area contributed by atoms with E-state index in [1.54, 1.807) is 11.3 Å². The van der Waals surface area contributed by atoms with Crippen LogP contribution in [0, 0.1) is 0 Å². The van der Waals surface area contributed by atoms with Crippen molar-refractivity contribution in [1.82, 2.24) is 25.5 Å². The zero-order valence-electron chi connectivity index (χ0n) is 19.2. The molecule has 1 saturated heterocycles. The summed E-state index contributed by atoms with van der Waals surface area (Å²) in [7, 11) is 0. The Labute approximate surface area is 198 Å². The molecular weight excluding hydrogens is 430 g/mol. The van der Waals surface area contributed by atoms with Gasteiger partial charge < -0.3 is 10.6 Å². The van der Waals surface area contributed by atoms with Crippen LogP contribution in [0.15, 0.2) is 41.5 Å². The summed E-state index contributed by atoms with van der Waals surface area (Å²) >= 11 is 1.66. The number of aliphatic imine (C=N–C) groups is 1. The van der Waals surface area contributed by atoms with Crippen molar-refractivity contribution in [2.45, 2.75) is 51.6 Å². The fourth-order valence-electron chi connectivity index (χ4n) is 4.19. The first-order valence-electron chi connectivity index (χ1n) is 11.6. The Bertz CT molecular complexity index is 1190. The van der Waals surface area contributed by atoms with Crippen molar-refractivity contribution < 1.29 is 0 Å². The Kier molecular flexibility index (Phi) is 6.28. The number of nitrogens with zero attached hydrogens (tertiary/aromatic N) is 5. The number of nitrogens with one attached hydrogen (secondary N) is 2. The van der Waals surface area contributed by atoms with Gasteiger partial charge >= 0.3 is 0 Å². The van der Waals surface area contributed by atoms with Crippen LogP contribution in [0.3, 0.4) is 0 Å². The van der Waals surface area contributed by atoms with Gasteiger partial charge in [0.05, 0.1) is 11.6 Å². The summed E-state index contributed by atoms with van der Waals surface area (Å²) in [6.07, 6.45) is 8.21. The molecule has 0 bridgehead atoms. The van der Waals surface area contributed by atoms with E-state index in [1.807, 2.05) is 24.5 Å². The standard InChI is InChI=1S/C25H29N7S/c1-15(2)29-23-21(25-32-31-24(33-25)17-7-9-26-10-8-17)14-28-22(30-23)19-6-4-5-18(12-19)20-11-16(3)27-13-20/h4-6,11-17,26H,7-10H2,1-3H3,(H,28,29,30). The molecule has 3 aromatic rings. The fraction of sp³-hybridized carbons (Fsp3) is 0.400. The lowest BCUT2D eigenvalue weighted by Crippen LogP contribution is -2.26. The van der Waals surface area contributed by atoms with Crippen LogP contribution in [0.25, 0.3) is 27.5 Å². The van der Waals surface area contributed by atoms with Crippen LogP contribution in [-0.2, 0) is 0 Å². The number of piperidine rings is 1. The van der Waals surface area contributed by atoms with Crippen LogP contribution < -0.4 is 10.6 Å². The summed E-state index contributed by atoms with van der Waals surface area (Å²) in [5, 5.41) is 17.9. The first-order chi connectivity index (χ1) is 16.1. The molecule has 170 valence electrons. The summed E-state index contributed by atoms with van der Waals surface area (Å²) in [6, 6.07) is 8.78. The molecule has 0 spiro atoms. The van der Waals surface area contributed by atoms with E-state index in [9.17, 15) is 0 Å². The van der Waals surface area contributed by atoms with Crippen molar-refractivity contribution in [3.8, 4) is 22.0 Å². The normalized spacial score (nSPS) is 18.7. The van der Waals surface area contributed by atoms with E-state index in [2.05, 4.69) is 64.8 Å². The molecule has 1 aromatic carbocycles. The van der Waals surface area contributed by atoms with Crippen molar-refractivity contribution in [1.29, 1.82) is 0 Å². The number of allylic oxidation sites excluding steroid dienone is 1. The van der Waals surface area contributed by atoms with E-state index in [-0.39, 0.29) is 12.1 Å². The van der Waals surface area contributed by atoms with Gasteiger partial charge in [-0.2, -0.15) is 0 Å². The predicted molar refractivity (Wildman–Crippen MR) is 136 cm³/mol. The van der Waals surface area contributed by atoms with E-state index in [1.165, 1.54) is 0 Å². The highest BCUT2D eigenvalue weighted by Crippen LogP contribution is 2.35. The Morgan fingerprint density at radius 1 is 1.12 bits per heavy atom. The number of hydrogen-bond donors (Lipinski definition) is 2. The fourth-order valence-corrected chi connectivity index (χ4v) is 5.21. The van der Waals surface area contributed by atoms with E-state index in [0.29, 0.717) is 11.7 Å². The Balaban J connectivity index is 1.48. The molecule has 0 saturated carbocycles. The highest BCUT2D eigenvalue weighted by molar-refractivity contribution is 7.14. The SMILES string of the molecule is CC1C=C(c2cccc(-c3ncc(-c4nnc(C5CCNCC5)s4)c(NC(C)C)n3)c2)C=N1. The second-order valence-corrected chi connectivity index (χ2v) is 9.96. The predicted octanol–water partition coefficient (Wildman–Crippen LogP) is 4.81. The second kappa shape index (κ2) is 9.49. The lowest BCUT2D eigenvalue weighted by atomic mass is 9.99. The van der Waals surface area contributed by atoms with Gasteiger partial charge in [-0.25, -0.2) is 9.97 Å². The maximum atomic E-state index is 4.92. The number of hydrogen-bond acceptors (Lipinski definition) is 8. The maximum absolute atomic E-state index is 4.92. The molecular formula is C25H29N7S. The monoisotopic (exact) mass is 459 g/mol. The minimum atomic E-state index is 0.225. The molecule has 1 atom stereocenters. The van der Waals surface area contributed by atoms with Gasteiger partial charge in [0.15, 0.2) is 10.8 Å². The van der Waals surface area contributed by atoms with E-state index in [0.717, 1.165) is 64.0 Å². The second-order valence-electron chi connectivity index (χ2n) is 8.95. The maximum Gasteiger partial charge on any atom is 0.161 e. The van der Waals surface area contributed by atoms with Gasteiger partial charge in [0, 0.05) is 29.9 Å². The molecule has 1 fully saturated rings. The number of benzene rings is 1. The van der Waals surface area contributed by atoms with E-state index >= 15 is 0 Å². The van der Waals surface area contributed by atoms with Crippen molar-refractivity contribution in [3.63, 3.8) is 0 Å². The van der Waals surface area contributed by atoms with Gasteiger partial charge in [0.2, 0.25) is 0 Å². The molecule has 0 aliphatic carbocycles. The largest absolute Gasteiger partial charge is 0.367 e. The van der Waals surface area contributed by atoms with Crippen LogP contribution >= 0.6 is 11.3 Å². The van der Waals surface area contributed by atoms with Crippen molar-refractivity contribution in [2.75, 3.05) is 18.4 Å². The van der Waals surface area contributed by atoms with E-state index < -0.39 is 0 Å². The molecule has 7 nitrogen and oxygen atoms in total. The first kappa shape index (κ1) is 21.9. The number of anilines is 1. The molecule has 0 radical (unpaired) electrons.